The van der Waals surface area contributed by atoms with Crippen molar-refractivity contribution in [1.29, 1.82) is 0 Å². The van der Waals surface area contributed by atoms with Gasteiger partial charge < -0.3 is 9.84 Å². The molecule has 0 spiro atoms. The van der Waals surface area contributed by atoms with Crippen LogP contribution < -0.4 is 5.32 Å². The molecular weight excluding hydrogens is 304 g/mol. The number of anilines is 1. The van der Waals surface area contributed by atoms with Crippen LogP contribution in [0.3, 0.4) is 0 Å². The van der Waals surface area contributed by atoms with Gasteiger partial charge in [0.05, 0.1) is 0 Å². The molecule has 118 valence electrons. The van der Waals surface area contributed by atoms with Gasteiger partial charge in [-0.1, -0.05) is 18.2 Å². The Morgan fingerprint density at radius 1 is 1.04 bits per heavy atom. The van der Waals surface area contributed by atoms with E-state index in [4.69, 9.17) is 4.52 Å². The summed E-state index contributed by atoms with van der Waals surface area (Å²) in [7, 11) is 0. The van der Waals surface area contributed by atoms with Crippen molar-refractivity contribution in [3.8, 4) is 17.3 Å². The van der Waals surface area contributed by atoms with E-state index in [1.165, 1.54) is 0 Å². The molecule has 0 saturated carbocycles. The third kappa shape index (κ3) is 3.00. The molecule has 4 aromatic rings. The van der Waals surface area contributed by atoms with E-state index in [0.29, 0.717) is 18.4 Å². The molecule has 3 aromatic heterocycles. The molecule has 0 unspecified atom stereocenters. The fraction of sp³-hybridized carbons (Fsp3) is 0.0588. The smallest absolute Gasteiger partial charge is 0.264 e. The van der Waals surface area contributed by atoms with Crippen LogP contribution in [0.2, 0.25) is 0 Å². The highest BCUT2D eigenvalue weighted by Gasteiger charge is 2.08. The van der Waals surface area contributed by atoms with E-state index in [9.17, 15) is 0 Å². The topological polar surface area (TPSA) is 81.7 Å². The lowest BCUT2D eigenvalue weighted by atomic mass is 10.2. The minimum Gasteiger partial charge on any atom is -0.347 e. The molecule has 0 aliphatic rings. The second kappa shape index (κ2) is 6.33. The molecule has 0 amide bonds. The number of nitrogens with zero attached hydrogens (tertiary/aromatic N) is 5. The van der Waals surface area contributed by atoms with Gasteiger partial charge in [-0.05, 0) is 41.1 Å². The standard InChI is InChI=1S/C17H14N6O/c1-2-5-14(6-3-1)16-21-17(22-24-16)19-12-13-7-9-18-15(11-13)23-10-4-8-20-23/h1-11H,12H2,(H,19,22). The quantitative estimate of drug-likeness (QED) is 0.609. The monoisotopic (exact) mass is 318 g/mol. The highest BCUT2D eigenvalue weighted by molar-refractivity contribution is 5.53. The lowest BCUT2D eigenvalue weighted by Gasteiger charge is -2.04. The molecule has 0 atom stereocenters. The zero-order chi connectivity index (χ0) is 16.2. The van der Waals surface area contributed by atoms with Gasteiger partial charge in [-0.2, -0.15) is 10.1 Å². The fourth-order valence-corrected chi connectivity index (χ4v) is 2.27. The Hall–Kier alpha value is -3.48. The van der Waals surface area contributed by atoms with Gasteiger partial charge in [0, 0.05) is 30.7 Å². The molecular formula is C17H14N6O. The van der Waals surface area contributed by atoms with Crippen molar-refractivity contribution in [2.24, 2.45) is 0 Å². The number of benzene rings is 1. The van der Waals surface area contributed by atoms with Crippen molar-refractivity contribution in [1.82, 2.24) is 24.9 Å². The summed E-state index contributed by atoms with van der Waals surface area (Å²) in [6, 6.07) is 15.4. The lowest BCUT2D eigenvalue weighted by Crippen LogP contribution is -2.04. The number of nitrogens with one attached hydrogen (secondary N) is 1. The summed E-state index contributed by atoms with van der Waals surface area (Å²) in [6.07, 6.45) is 5.32. The molecule has 7 nitrogen and oxygen atoms in total. The predicted molar refractivity (Wildman–Crippen MR) is 88.4 cm³/mol. The molecule has 0 fully saturated rings. The van der Waals surface area contributed by atoms with Gasteiger partial charge in [0.15, 0.2) is 5.82 Å². The van der Waals surface area contributed by atoms with Crippen molar-refractivity contribution >= 4 is 5.95 Å². The van der Waals surface area contributed by atoms with Crippen molar-refractivity contribution in [2.45, 2.75) is 6.54 Å². The maximum absolute atomic E-state index is 5.27. The summed E-state index contributed by atoms with van der Waals surface area (Å²) in [5.41, 5.74) is 1.93. The summed E-state index contributed by atoms with van der Waals surface area (Å²) in [5.74, 6) is 1.70. The first-order chi connectivity index (χ1) is 11.9. The average Bonchev–Trinajstić information content (AvgIpc) is 3.33. The first-order valence-corrected chi connectivity index (χ1v) is 7.46. The molecule has 0 radical (unpaired) electrons. The molecule has 0 aliphatic carbocycles. The summed E-state index contributed by atoms with van der Waals surface area (Å²) < 4.78 is 6.99. The molecule has 4 rings (SSSR count). The number of hydrogen-bond acceptors (Lipinski definition) is 6. The summed E-state index contributed by atoms with van der Waals surface area (Å²) >= 11 is 0. The Bertz CT molecular complexity index is 917. The van der Waals surface area contributed by atoms with E-state index in [-0.39, 0.29) is 0 Å². The van der Waals surface area contributed by atoms with E-state index in [2.05, 4.69) is 25.5 Å². The van der Waals surface area contributed by atoms with Gasteiger partial charge in [-0.25, -0.2) is 9.67 Å². The first kappa shape index (κ1) is 14.1. The molecule has 0 aliphatic heterocycles. The number of aromatic nitrogens is 5. The van der Waals surface area contributed by atoms with Gasteiger partial charge in [0.2, 0.25) is 0 Å². The second-order valence-corrected chi connectivity index (χ2v) is 5.12. The Morgan fingerprint density at radius 2 is 1.96 bits per heavy atom. The van der Waals surface area contributed by atoms with Crippen LogP contribution in [0.25, 0.3) is 17.3 Å². The van der Waals surface area contributed by atoms with Crippen molar-refractivity contribution in [2.75, 3.05) is 5.32 Å². The maximum Gasteiger partial charge on any atom is 0.264 e. The van der Waals surface area contributed by atoms with E-state index >= 15 is 0 Å². The Labute approximate surface area is 138 Å². The Balaban J connectivity index is 1.46. The van der Waals surface area contributed by atoms with Crippen LogP contribution in [-0.2, 0) is 6.54 Å². The van der Waals surface area contributed by atoms with E-state index in [1.807, 2.05) is 54.7 Å². The molecule has 3 heterocycles. The van der Waals surface area contributed by atoms with Crippen LogP contribution in [0, 0.1) is 0 Å². The Morgan fingerprint density at radius 3 is 2.79 bits per heavy atom. The van der Waals surface area contributed by atoms with Gasteiger partial charge in [0.1, 0.15) is 0 Å². The minimum atomic E-state index is 0.450. The van der Waals surface area contributed by atoms with Crippen LogP contribution in [0.1, 0.15) is 5.56 Å². The average molecular weight is 318 g/mol. The van der Waals surface area contributed by atoms with Crippen LogP contribution in [0.5, 0.6) is 0 Å². The summed E-state index contributed by atoms with van der Waals surface area (Å²) in [4.78, 5) is 8.65. The minimum absolute atomic E-state index is 0.450. The maximum atomic E-state index is 5.27. The number of hydrogen-bond donors (Lipinski definition) is 1. The van der Waals surface area contributed by atoms with E-state index < -0.39 is 0 Å². The SMILES string of the molecule is c1ccc(-c2nc(NCc3ccnc(-n4cccn4)c3)no2)cc1. The van der Waals surface area contributed by atoms with E-state index in [0.717, 1.165) is 16.9 Å². The van der Waals surface area contributed by atoms with E-state index in [1.54, 1.807) is 17.1 Å². The van der Waals surface area contributed by atoms with Crippen LogP contribution in [-0.4, -0.2) is 24.9 Å². The normalized spacial score (nSPS) is 10.7. The zero-order valence-electron chi connectivity index (χ0n) is 12.7. The molecule has 0 saturated heterocycles. The fourth-order valence-electron chi connectivity index (χ4n) is 2.27. The van der Waals surface area contributed by atoms with Gasteiger partial charge in [-0.3, -0.25) is 0 Å². The van der Waals surface area contributed by atoms with Crippen molar-refractivity contribution < 1.29 is 4.52 Å². The largest absolute Gasteiger partial charge is 0.347 e. The summed E-state index contributed by atoms with van der Waals surface area (Å²) in [6.45, 7) is 0.560. The predicted octanol–water partition coefficient (Wildman–Crippen LogP) is 2.93. The molecule has 0 bridgehead atoms. The second-order valence-electron chi connectivity index (χ2n) is 5.12. The highest BCUT2D eigenvalue weighted by Crippen LogP contribution is 2.18. The van der Waals surface area contributed by atoms with Crippen LogP contribution in [0.4, 0.5) is 5.95 Å². The van der Waals surface area contributed by atoms with Crippen molar-refractivity contribution in [3.05, 3.63) is 72.7 Å². The first-order valence-electron chi connectivity index (χ1n) is 7.46. The molecule has 24 heavy (non-hydrogen) atoms. The number of rotatable bonds is 5. The van der Waals surface area contributed by atoms with Crippen LogP contribution in [0.15, 0.2) is 71.6 Å². The van der Waals surface area contributed by atoms with Crippen molar-refractivity contribution in [3.63, 3.8) is 0 Å². The molecule has 7 heteroatoms. The number of pyridine rings is 1. The van der Waals surface area contributed by atoms with Gasteiger partial charge in [-0.15, -0.1) is 0 Å². The highest BCUT2D eigenvalue weighted by atomic mass is 16.5. The van der Waals surface area contributed by atoms with Gasteiger partial charge >= 0.3 is 0 Å². The molecule has 1 aromatic carbocycles. The third-order valence-electron chi connectivity index (χ3n) is 3.45. The third-order valence-corrected chi connectivity index (χ3v) is 3.45. The zero-order valence-corrected chi connectivity index (χ0v) is 12.7. The lowest BCUT2D eigenvalue weighted by molar-refractivity contribution is 0.432. The molecule has 1 N–H and O–H groups in total. The van der Waals surface area contributed by atoms with Gasteiger partial charge in [0.25, 0.3) is 11.8 Å². The Kier molecular flexibility index (Phi) is 3.73. The van der Waals surface area contributed by atoms with Crippen LogP contribution >= 0.6 is 0 Å². The summed E-state index contributed by atoms with van der Waals surface area (Å²) in [5, 5.41) is 11.3.